The minimum absolute atomic E-state index is 0.140. The monoisotopic (exact) mass is 468 g/mol. The fraction of sp³-hybridized carbons (Fsp3) is 0.520. The van der Waals surface area contributed by atoms with Crippen LogP contribution in [0.25, 0.3) is 22.3 Å². The number of methoxy groups -OCH3 is 2. The van der Waals surface area contributed by atoms with E-state index in [9.17, 15) is 4.79 Å². The van der Waals surface area contributed by atoms with Gasteiger partial charge in [-0.15, -0.1) is 10.2 Å². The summed E-state index contributed by atoms with van der Waals surface area (Å²) in [5.41, 5.74) is 3.04. The van der Waals surface area contributed by atoms with Gasteiger partial charge in [0.15, 0.2) is 5.65 Å². The lowest BCUT2D eigenvalue weighted by molar-refractivity contribution is 0.298. The van der Waals surface area contributed by atoms with Crippen molar-refractivity contribution in [2.75, 3.05) is 45.7 Å². The quantitative estimate of drug-likeness (QED) is 0.402. The molecule has 34 heavy (non-hydrogen) atoms. The minimum atomic E-state index is -0.140. The Morgan fingerprint density at radius 3 is 2.41 bits per heavy atom. The smallest absolute Gasteiger partial charge is 0.260 e. The van der Waals surface area contributed by atoms with Gasteiger partial charge in [-0.3, -0.25) is 9.36 Å². The number of ether oxygens (including phenoxy) is 2. The standard InChI is InChI=1S/C25H36N6O3/c1-7-30(8-2)13-11-10-12-26-25-27-23-21(28-29-25)16-20(24(32)31(23)9-3)19-14-18(33-5)15-22(34-6)17(19)4/h14-16H,7-13H2,1-6H3,(H,26,27,29). The van der Waals surface area contributed by atoms with Crippen LogP contribution in [0.15, 0.2) is 23.0 Å². The third kappa shape index (κ3) is 5.47. The number of nitrogens with zero attached hydrogens (tertiary/aromatic N) is 5. The molecule has 0 amide bonds. The average molecular weight is 469 g/mol. The van der Waals surface area contributed by atoms with Crippen LogP contribution in [0.1, 0.15) is 39.2 Å². The number of hydrogen-bond donors (Lipinski definition) is 1. The SMILES string of the molecule is CCN(CC)CCCCNc1nnc2cc(-c3cc(OC)cc(OC)c3C)c(=O)n(CC)c2n1. The van der Waals surface area contributed by atoms with E-state index < -0.39 is 0 Å². The molecule has 0 radical (unpaired) electrons. The normalized spacial score (nSPS) is 11.3. The molecular weight excluding hydrogens is 432 g/mol. The average Bonchev–Trinajstić information content (AvgIpc) is 2.86. The molecule has 2 aromatic heterocycles. The number of anilines is 1. The maximum atomic E-state index is 13.5. The molecule has 9 nitrogen and oxygen atoms in total. The van der Waals surface area contributed by atoms with Gasteiger partial charge in [0.2, 0.25) is 5.95 Å². The van der Waals surface area contributed by atoms with Gasteiger partial charge >= 0.3 is 0 Å². The molecule has 0 atom stereocenters. The number of pyridine rings is 1. The van der Waals surface area contributed by atoms with Crippen molar-refractivity contribution in [3.8, 4) is 22.6 Å². The molecule has 0 spiro atoms. The first-order valence-corrected chi connectivity index (χ1v) is 11.9. The van der Waals surface area contributed by atoms with Crippen molar-refractivity contribution >= 4 is 17.1 Å². The summed E-state index contributed by atoms with van der Waals surface area (Å²) in [5.74, 6) is 1.70. The summed E-state index contributed by atoms with van der Waals surface area (Å²) >= 11 is 0. The van der Waals surface area contributed by atoms with Gasteiger partial charge in [0, 0.05) is 19.2 Å². The fourth-order valence-electron chi connectivity index (χ4n) is 4.09. The molecule has 1 aromatic carbocycles. The van der Waals surface area contributed by atoms with Crippen molar-refractivity contribution < 1.29 is 9.47 Å². The van der Waals surface area contributed by atoms with Crippen LogP contribution < -0.4 is 20.3 Å². The van der Waals surface area contributed by atoms with Crippen molar-refractivity contribution in [1.82, 2.24) is 24.6 Å². The van der Waals surface area contributed by atoms with Crippen molar-refractivity contribution in [2.24, 2.45) is 0 Å². The maximum absolute atomic E-state index is 13.5. The number of hydrogen-bond acceptors (Lipinski definition) is 8. The number of aromatic nitrogens is 4. The number of benzene rings is 1. The highest BCUT2D eigenvalue weighted by Crippen LogP contribution is 2.34. The van der Waals surface area contributed by atoms with Crippen LogP contribution in [-0.4, -0.2) is 65.0 Å². The third-order valence-corrected chi connectivity index (χ3v) is 6.18. The summed E-state index contributed by atoms with van der Waals surface area (Å²) in [6.45, 7) is 12.6. The number of fused-ring (bicyclic) bond motifs is 1. The van der Waals surface area contributed by atoms with E-state index in [0.717, 1.165) is 50.1 Å². The first-order chi connectivity index (χ1) is 16.5. The lowest BCUT2D eigenvalue weighted by atomic mass is 10.00. The zero-order valence-corrected chi connectivity index (χ0v) is 21.1. The Hall–Kier alpha value is -3.20. The molecule has 2 heterocycles. The molecular formula is C25H36N6O3. The largest absolute Gasteiger partial charge is 0.497 e. The molecule has 3 rings (SSSR count). The maximum Gasteiger partial charge on any atom is 0.260 e. The van der Waals surface area contributed by atoms with Gasteiger partial charge in [0.1, 0.15) is 17.0 Å². The zero-order valence-electron chi connectivity index (χ0n) is 21.1. The molecule has 0 bridgehead atoms. The van der Waals surface area contributed by atoms with Crippen LogP contribution in [0.5, 0.6) is 11.5 Å². The number of rotatable bonds is 12. The third-order valence-electron chi connectivity index (χ3n) is 6.18. The van der Waals surface area contributed by atoms with Crippen LogP contribution in [0, 0.1) is 6.92 Å². The van der Waals surface area contributed by atoms with Gasteiger partial charge in [-0.05, 0) is 69.6 Å². The van der Waals surface area contributed by atoms with E-state index in [-0.39, 0.29) is 5.56 Å². The highest BCUT2D eigenvalue weighted by atomic mass is 16.5. The van der Waals surface area contributed by atoms with Crippen LogP contribution >= 0.6 is 0 Å². The minimum Gasteiger partial charge on any atom is -0.497 e. The lowest BCUT2D eigenvalue weighted by Crippen LogP contribution is -2.24. The molecule has 0 saturated heterocycles. The Kier molecular flexibility index (Phi) is 8.81. The highest BCUT2D eigenvalue weighted by Gasteiger charge is 2.18. The Balaban J connectivity index is 1.90. The van der Waals surface area contributed by atoms with Gasteiger partial charge in [0.05, 0.1) is 19.8 Å². The van der Waals surface area contributed by atoms with Gasteiger partial charge in [-0.1, -0.05) is 13.8 Å². The van der Waals surface area contributed by atoms with Crippen molar-refractivity contribution in [2.45, 2.75) is 47.1 Å². The molecule has 0 unspecified atom stereocenters. The van der Waals surface area contributed by atoms with Gasteiger partial charge in [-0.25, -0.2) is 0 Å². The van der Waals surface area contributed by atoms with Crippen molar-refractivity contribution in [3.63, 3.8) is 0 Å². The predicted octanol–water partition coefficient (Wildman–Crippen LogP) is 3.73. The first kappa shape index (κ1) is 25.4. The summed E-state index contributed by atoms with van der Waals surface area (Å²) in [6, 6.07) is 5.40. The molecule has 0 aliphatic rings. The Labute approximate surface area is 201 Å². The second-order valence-electron chi connectivity index (χ2n) is 8.11. The Morgan fingerprint density at radius 1 is 1.00 bits per heavy atom. The fourth-order valence-corrected chi connectivity index (χ4v) is 4.09. The number of unbranched alkanes of at least 4 members (excludes halogenated alkanes) is 1. The zero-order chi connectivity index (χ0) is 24.7. The topological polar surface area (TPSA) is 94.4 Å². The van der Waals surface area contributed by atoms with E-state index in [4.69, 9.17) is 9.47 Å². The number of aryl methyl sites for hydroxylation is 1. The van der Waals surface area contributed by atoms with E-state index >= 15 is 0 Å². The second kappa shape index (κ2) is 11.8. The highest BCUT2D eigenvalue weighted by molar-refractivity contribution is 5.80. The Morgan fingerprint density at radius 2 is 1.76 bits per heavy atom. The molecule has 1 N–H and O–H groups in total. The van der Waals surface area contributed by atoms with Gasteiger partial charge in [0.25, 0.3) is 5.56 Å². The van der Waals surface area contributed by atoms with Crippen LogP contribution in [0.4, 0.5) is 5.95 Å². The van der Waals surface area contributed by atoms with Crippen LogP contribution in [-0.2, 0) is 6.54 Å². The predicted molar refractivity (Wildman–Crippen MR) is 136 cm³/mol. The molecule has 9 heteroatoms. The van der Waals surface area contributed by atoms with Crippen LogP contribution in [0.2, 0.25) is 0 Å². The molecule has 0 aliphatic carbocycles. The van der Waals surface area contributed by atoms with E-state index in [2.05, 4.69) is 39.2 Å². The van der Waals surface area contributed by atoms with E-state index in [0.29, 0.717) is 40.7 Å². The lowest BCUT2D eigenvalue weighted by Gasteiger charge is -2.17. The molecule has 0 fully saturated rings. The molecule has 3 aromatic rings. The van der Waals surface area contributed by atoms with Gasteiger partial charge < -0.3 is 19.7 Å². The molecule has 0 aliphatic heterocycles. The van der Waals surface area contributed by atoms with E-state index in [1.54, 1.807) is 30.9 Å². The Bertz CT molecular complexity index is 1170. The molecule has 0 saturated carbocycles. The van der Waals surface area contributed by atoms with E-state index in [1.165, 1.54) is 0 Å². The summed E-state index contributed by atoms with van der Waals surface area (Å²) in [4.78, 5) is 20.5. The van der Waals surface area contributed by atoms with Gasteiger partial charge in [-0.2, -0.15) is 4.98 Å². The van der Waals surface area contributed by atoms with Crippen molar-refractivity contribution in [1.29, 1.82) is 0 Å². The second-order valence-corrected chi connectivity index (χ2v) is 8.11. The summed E-state index contributed by atoms with van der Waals surface area (Å²) in [7, 11) is 3.19. The van der Waals surface area contributed by atoms with Crippen molar-refractivity contribution in [3.05, 3.63) is 34.1 Å². The van der Waals surface area contributed by atoms with Crippen LogP contribution in [0.3, 0.4) is 0 Å². The number of nitrogens with one attached hydrogen (secondary N) is 1. The summed E-state index contributed by atoms with van der Waals surface area (Å²) in [6.07, 6.45) is 2.11. The first-order valence-electron chi connectivity index (χ1n) is 11.9. The summed E-state index contributed by atoms with van der Waals surface area (Å²) < 4.78 is 12.5. The summed E-state index contributed by atoms with van der Waals surface area (Å²) in [5, 5.41) is 11.9. The molecule has 184 valence electrons. The van der Waals surface area contributed by atoms with E-state index in [1.807, 2.05) is 19.9 Å².